The molecule has 4 heteroatoms. The maximum Gasteiger partial charge on any atom is 0.116 e. The summed E-state index contributed by atoms with van der Waals surface area (Å²) in [6.07, 6.45) is 6.10. The predicted octanol–water partition coefficient (Wildman–Crippen LogP) is 4.99. The van der Waals surface area contributed by atoms with Crippen LogP contribution in [0.4, 0.5) is 0 Å². The van der Waals surface area contributed by atoms with Crippen molar-refractivity contribution < 1.29 is 10.2 Å². The number of aromatic nitrogens is 2. The summed E-state index contributed by atoms with van der Waals surface area (Å²) in [6, 6.07) is 10.8. The summed E-state index contributed by atoms with van der Waals surface area (Å²) >= 11 is 0. The van der Waals surface area contributed by atoms with Gasteiger partial charge in [-0.1, -0.05) is 13.3 Å². The summed E-state index contributed by atoms with van der Waals surface area (Å²) in [7, 11) is 0. The van der Waals surface area contributed by atoms with Gasteiger partial charge in [0.1, 0.15) is 11.5 Å². The first kappa shape index (κ1) is 14.7. The predicted molar refractivity (Wildman–Crippen MR) is 96.7 cm³/mol. The highest BCUT2D eigenvalue weighted by molar-refractivity contribution is 5.89. The maximum atomic E-state index is 9.87. The number of phenols is 2. The first-order chi connectivity index (χ1) is 11.7. The molecule has 0 spiro atoms. The molecule has 0 aliphatic carbocycles. The molecule has 4 nitrogen and oxygen atoms in total. The number of aromatic hydroxyl groups is 2. The second-order valence-corrected chi connectivity index (χ2v) is 6.29. The standard InChI is InChI=1S/C20H20N2O2/c1-2-3-14(17-10-21-19-6-4-12(23)8-15(17)19)18-11-22-20-7-5-13(24)9-16(18)20/h4-11,14,21-24H,2-3H2,1H3. The number of hydrogen-bond acceptors (Lipinski definition) is 2. The van der Waals surface area contributed by atoms with E-state index in [1.807, 2.05) is 36.7 Å². The second kappa shape index (κ2) is 5.64. The molecule has 0 aliphatic rings. The molecule has 4 aromatic rings. The molecule has 0 aliphatic heterocycles. The number of rotatable bonds is 4. The van der Waals surface area contributed by atoms with Crippen molar-refractivity contribution in [3.8, 4) is 11.5 Å². The quantitative estimate of drug-likeness (QED) is 0.427. The molecule has 2 aromatic heterocycles. The summed E-state index contributed by atoms with van der Waals surface area (Å²) in [5.41, 5.74) is 4.39. The van der Waals surface area contributed by atoms with E-state index >= 15 is 0 Å². The van der Waals surface area contributed by atoms with Crippen molar-refractivity contribution >= 4 is 21.8 Å². The molecule has 0 unspecified atom stereocenters. The lowest BCUT2D eigenvalue weighted by atomic mass is 9.87. The zero-order valence-electron chi connectivity index (χ0n) is 13.5. The Morgan fingerprint density at radius 3 is 1.79 bits per heavy atom. The molecule has 4 N–H and O–H groups in total. The van der Waals surface area contributed by atoms with E-state index in [0.717, 1.165) is 34.6 Å². The van der Waals surface area contributed by atoms with Crippen LogP contribution in [0.3, 0.4) is 0 Å². The van der Waals surface area contributed by atoms with Gasteiger partial charge < -0.3 is 20.2 Å². The average Bonchev–Trinajstić information content (AvgIpc) is 3.16. The van der Waals surface area contributed by atoms with Gasteiger partial charge in [0.2, 0.25) is 0 Å². The van der Waals surface area contributed by atoms with E-state index < -0.39 is 0 Å². The van der Waals surface area contributed by atoms with Gasteiger partial charge in [-0.25, -0.2) is 0 Å². The first-order valence-corrected chi connectivity index (χ1v) is 8.27. The molecule has 122 valence electrons. The number of aromatic amines is 2. The minimum Gasteiger partial charge on any atom is -0.508 e. The summed E-state index contributed by atoms with van der Waals surface area (Å²) in [4.78, 5) is 6.61. The Labute approximate surface area is 139 Å². The third kappa shape index (κ3) is 2.31. The van der Waals surface area contributed by atoms with Crippen molar-refractivity contribution in [3.05, 3.63) is 59.9 Å². The van der Waals surface area contributed by atoms with Crippen LogP contribution in [0, 0.1) is 0 Å². The van der Waals surface area contributed by atoms with Crippen molar-refractivity contribution in [2.75, 3.05) is 0 Å². The summed E-state index contributed by atoms with van der Waals surface area (Å²) in [6.45, 7) is 2.17. The Hall–Kier alpha value is -2.88. The third-order valence-electron chi connectivity index (χ3n) is 4.72. The van der Waals surface area contributed by atoms with Gasteiger partial charge in [-0.05, 0) is 53.9 Å². The molecule has 4 rings (SSSR count). The van der Waals surface area contributed by atoms with Crippen molar-refractivity contribution in [1.82, 2.24) is 9.97 Å². The van der Waals surface area contributed by atoms with Gasteiger partial charge in [0.15, 0.2) is 0 Å². The Kier molecular flexibility index (Phi) is 3.45. The van der Waals surface area contributed by atoms with Crippen LogP contribution in [-0.2, 0) is 0 Å². The highest BCUT2D eigenvalue weighted by Gasteiger charge is 2.21. The number of hydrogen-bond donors (Lipinski definition) is 4. The fraction of sp³-hybridized carbons (Fsp3) is 0.200. The lowest BCUT2D eigenvalue weighted by molar-refractivity contribution is 0.475. The molecule has 0 fully saturated rings. The smallest absolute Gasteiger partial charge is 0.116 e. The monoisotopic (exact) mass is 320 g/mol. The molecule has 24 heavy (non-hydrogen) atoms. The Morgan fingerprint density at radius 1 is 0.833 bits per heavy atom. The van der Waals surface area contributed by atoms with Gasteiger partial charge in [0, 0.05) is 40.1 Å². The van der Waals surface area contributed by atoms with Crippen LogP contribution in [0.25, 0.3) is 21.8 Å². The van der Waals surface area contributed by atoms with Crippen molar-refractivity contribution in [1.29, 1.82) is 0 Å². The van der Waals surface area contributed by atoms with Gasteiger partial charge in [0.25, 0.3) is 0 Å². The molecule has 2 aromatic carbocycles. The highest BCUT2D eigenvalue weighted by Crippen LogP contribution is 2.39. The van der Waals surface area contributed by atoms with Gasteiger partial charge in [0.05, 0.1) is 0 Å². The van der Waals surface area contributed by atoms with E-state index in [4.69, 9.17) is 0 Å². The minimum atomic E-state index is 0.195. The fourth-order valence-corrected chi connectivity index (χ4v) is 3.60. The van der Waals surface area contributed by atoms with Gasteiger partial charge >= 0.3 is 0 Å². The number of H-pyrrole nitrogens is 2. The highest BCUT2D eigenvalue weighted by atomic mass is 16.3. The van der Waals surface area contributed by atoms with Crippen LogP contribution in [0.2, 0.25) is 0 Å². The van der Waals surface area contributed by atoms with Crippen LogP contribution in [-0.4, -0.2) is 20.2 Å². The zero-order chi connectivity index (χ0) is 16.7. The molecule has 0 atom stereocenters. The Bertz CT molecular complexity index is 933. The van der Waals surface area contributed by atoms with Crippen molar-refractivity contribution in [3.63, 3.8) is 0 Å². The molecule has 2 heterocycles. The van der Waals surface area contributed by atoms with E-state index in [-0.39, 0.29) is 17.4 Å². The topological polar surface area (TPSA) is 72.0 Å². The van der Waals surface area contributed by atoms with E-state index in [1.54, 1.807) is 12.1 Å². The van der Waals surface area contributed by atoms with Crippen molar-refractivity contribution in [2.45, 2.75) is 25.7 Å². The van der Waals surface area contributed by atoms with E-state index in [2.05, 4.69) is 16.9 Å². The SMILES string of the molecule is CCCC(c1c[nH]c2ccc(O)cc12)c1c[nH]c2ccc(O)cc12. The molecule has 0 saturated carbocycles. The lowest BCUT2D eigenvalue weighted by Crippen LogP contribution is -1.99. The number of benzene rings is 2. The fourth-order valence-electron chi connectivity index (χ4n) is 3.60. The molecule has 0 amide bonds. The van der Waals surface area contributed by atoms with Crippen LogP contribution in [0.15, 0.2) is 48.8 Å². The van der Waals surface area contributed by atoms with Gasteiger partial charge in [-0.15, -0.1) is 0 Å². The summed E-state index contributed by atoms with van der Waals surface area (Å²) in [5.74, 6) is 0.742. The van der Waals surface area contributed by atoms with Crippen LogP contribution in [0.1, 0.15) is 36.8 Å². The molecule has 0 bridgehead atoms. The second-order valence-electron chi connectivity index (χ2n) is 6.29. The third-order valence-corrected chi connectivity index (χ3v) is 4.72. The Balaban J connectivity index is 1.92. The summed E-state index contributed by atoms with van der Waals surface area (Å²) in [5, 5.41) is 21.8. The molecule has 0 radical (unpaired) electrons. The normalized spacial score (nSPS) is 11.8. The average molecular weight is 320 g/mol. The number of nitrogens with one attached hydrogen (secondary N) is 2. The number of phenolic OH excluding ortho intramolecular Hbond substituents is 2. The van der Waals surface area contributed by atoms with E-state index in [9.17, 15) is 10.2 Å². The summed E-state index contributed by atoms with van der Waals surface area (Å²) < 4.78 is 0. The minimum absolute atomic E-state index is 0.195. The van der Waals surface area contributed by atoms with Gasteiger partial charge in [-0.3, -0.25) is 0 Å². The molecular formula is C20H20N2O2. The van der Waals surface area contributed by atoms with E-state index in [1.165, 1.54) is 11.1 Å². The first-order valence-electron chi connectivity index (χ1n) is 8.27. The van der Waals surface area contributed by atoms with Gasteiger partial charge in [-0.2, -0.15) is 0 Å². The zero-order valence-corrected chi connectivity index (χ0v) is 13.5. The maximum absolute atomic E-state index is 9.87. The van der Waals surface area contributed by atoms with Crippen molar-refractivity contribution in [2.24, 2.45) is 0 Å². The van der Waals surface area contributed by atoms with E-state index in [0.29, 0.717) is 0 Å². The Morgan fingerprint density at radius 2 is 1.33 bits per heavy atom. The molecular weight excluding hydrogens is 300 g/mol. The largest absolute Gasteiger partial charge is 0.508 e. The van der Waals surface area contributed by atoms with Crippen LogP contribution >= 0.6 is 0 Å². The lowest BCUT2D eigenvalue weighted by Gasteiger charge is -2.15. The number of fused-ring (bicyclic) bond motifs is 2. The van der Waals surface area contributed by atoms with Crippen LogP contribution in [0.5, 0.6) is 11.5 Å². The van der Waals surface area contributed by atoms with Crippen LogP contribution < -0.4 is 0 Å². The molecule has 0 saturated heterocycles.